The number of nitrogens with zero attached hydrogens (tertiary/aromatic N) is 1. The van der Waals surface area contributed by atoms with E-state index in [1.165, 1.54) is 25.7 Å². The SMILES string of the molecule is Cc1c(O)ccc2c(CN(C)C3CCCC3)cc(=O)oc12. The van der Waals surface area contributed by atoms with Crippen LogP contribution in [0.2, 0.25) is 0 Å². The van der Waals surface area contributed by atoms with E-state index in [4.69, 9.17) is 4.42 Å². The topological polar surface area (TPSA) is 53.7 Å². The number of aromatic hydroxyl groups is 1. The van der Waals surface area contributed by atoms with Crippen molar-refractivity contribution in [2.24, 2.45) is 0 Å². The molecule has 4 heteroatoms. The van der Waals surface area contributed by atoms with Gasteiger partial charge in [0, 0.05) is 29.6 Å². The molecule has 1 aliphatic carbocycles. The summed E-state index contributed by atoms with van der Waals surface area (Å²) in [4.78, 5) is 14.1. The van der Waals surface area contributed by atoms with E-state index in [1.54, 1.807) is 19.1 Å². The van der Waals surface area contributed by atoms with Gasteiger partial charge in [0.25, 0.3) is 0 Å². The van der Waals surface area contributed by atoms with E-state index >= 15 is 0 Å². The number of phenolic OH excluding ortho intramolecular Hbond substituents is 1. The predicted octanol–water partition coefficient (Wildman–Crippen LogP) is 3.18. The Hall–Kier alpha value is -1.81. The summed E-state index contributed by atoms with van der Waals surface area (Å²) in [5, 5.41) is 10.7. The second-order valence-corrected chi connectivity index (χ2v) is 6.03. The van der Waals surface area contributed by atoms with Gasteiger partial charge in [-0.3, -0.25) is 4.90 Å². The first-order chi connectivity index (χ1) is 10.1. The number of aryl methyl sites for hydroxylation is 1. The van der Waals surface area contributed by atoms with Crippen molar-refractivity contribution in [1.29, 1.82) is 0 Å². The van der Waals surface area contributed by atoms with E-state index in [0.717, 1.165) is 17.5 Å². The molecule has 1 aromatic heterocycles. The lowest BCUT2D eigenvalue weighted by atomic mass is 10.1. The van der Waals surface area contributed by atoms with Gasteiger partial charge in [-0.1, -0.05) is 12.8 Å². The highest BCUT2D eigenvalue weighted by molar-refractivity contribution is 5.84. The second kappa shape index (κ2) is 5.53. The van der Waals surface area contributed by atoms with Gasteiger partial charge in [-0.2, -0.15) is 0 Å². The van der Waals surface area contributed by atoms with Crippen molar-refractivity contribution in [3.8, 4) is 5.75 Å². The first-order valence-corrected chi connectivity index (χ1v) is 7.52. The molecule has 0 saturated heterocycles. The molecule has 0 atom stereocenters. The molecule has 1 fully saturated rings. The van der Waals surface area contributed by atoms with Crippen LogP contribution in [0, 0.1) is 6.92 Å². The predicted molar refractivity (Wildman–Crippen MR) is 82.6 cm³/mol. The van der Waals surface area contributed by atoms with Gasteiger partial charge in [-0.15, -0.1) is 0 Å². The molecule has 0 amide bonds. The molecule has 0 aliphatic heterocycles. The zero-order valence-corrected chi connectivity index (χ0v) is 12.6. The summed E-state index contributed by atoms with van der Waals surface area (Å²) in [7, 11) is 2.11. The number of rotatable bonds is 3. The third-order valence-corrected chi connectivity index (χ3v) is 4.59. The first kappa shape index (κ1) is 14.1. The van der Waals surface area contributed by atoms with E-state index in [2.05, 4.69) is 11.9 Å². The summed E-state index contributed by atoms with van der Waals surface area (Å²) in [6.45, 7) is 2.50. The summed E-state index contributed by atoms with van der Waals surface area (Å²) >= 11 is 0. The van der Waals surface area contributed by atoms with Gasteiger partial charge in [0.05, 0.1) is 0 Å². The van der Waals surface area contributed by atoms with Gasteiger partial charge in [-0.25, -0.2) is 4.79 Å². The number of hydrogen-bond donors (Lipinski definition) is 1. The van der Waals surface area contributed by atoms with Crippen molar-refractivity contribution in [2.45, 2.75) is 45.2 Å². The molecule has 2 aromatic rings. The summed E-state index contributed by atoms with van der Waals surface area (Å²) in [6.07, 6.45) is 5.05. The van der Waals surface area contributed by atoms with Crippen LogP contribution in [0.15, 0.2) is 27.4 Å². The summed E-state index contributed by atoms with van der Waals surface area (Å²) < 4.78 is 5.29. The fraction of sp³-hybridized carbons (Fsp3) is 0.471. The Morgan fingerprint density at radius 1 is 1.33 bits per heavy atom. The van der Waals surface area contributed by atoms with Gasteiger partial charge in [0.1, 0.15) is 11.3 Å². The molecule has 0 bridgehead atoms. The standard InChI is InChI=1S/C17H21NO3/c1-11-15(19)8-7-14-12(9-16(20)21-17(11)14)10-18(2)13-5-3-4-6-13/h7-9,13,19H,3-6,10H2,1-2H3. The van der Waals surface area contributed by atoms with Crippen LogP contribution < -0.4 is 5.63 Å². The Labute approximate surface area is 124 Å². The molecule has 1 aromatic carbocycles. The molecule has 1 aliphatic rings. The van der Waals surface area contributed by atoms with Gasteiger partial charge >= 0.3 is 5.63 Å². The highest BCUT2D eigenvalue weighted by atomic mass is 16.4. The van der Waals surface area contributed by atoms with Crippen LogP contribution in [0.3, 0.4) is 0 Å². The molecule has 1 N–H and O–H groups in total. The Balaban J connectivity index is 2.01. The van der Waals surface area contributed by atoms with Crippen LogP contribution in [0.1, 0.15) is 36.8 Å². The van der Waals surface area contributed by atoms with E-state index in [-0.39, 0.29) is 11.4 Å². The van der Waals surface area contributed by atoms with Gasteiger partial charge < -0.3 is 9.52 Å². The molecular weight excluding hydrogens is 266 g/mol. The second-order valence-electron chi connectivity index (χ2n) is 6.03. The number of benzene rings is 1. The van der Waals surface area contributed by atoms with Crippen LogP contribution in [0.5, 0.6) is 5.75 Å². The highest BCUT2D eigenvalue weighted by Crippen LogP contribution is 2.29. The highest BCUT2D eigenvalue weighted by Gasteiger charge is 2.20. The van der Waals surface area contributed by atoms with Crippen LogP contribution in [0.4, 0.5) is 0 Å². The van der Waals surface area contributed by atoms with Crippen molar-refractivity contribution >= 4 is 11.0 Å². The summed E-state index contributed by atoms with van der Waals surface area (Å²) in [5.41, 5.74) is 1.73. The van der Waals surface area contributed by atoms with E-state index in [9.17, 15) is 9.90 Å². The fourth-order valence-electron chi connectivity index (χ4n) is 3.29. The zero-order valence-electron chi connectivity index (χ0n) is 12.6. The lowest BCUT2D eigenvalue weighted by Crippen LogP contribution is -2.29. The number of fused-ring (bicyclic) bond motifs is 1. The van der Waals surface area contributed by atoms with Crippen molar-refractivity contribution in [1.82, 2.24) is 4.90 Å². The smallest absolute Gasteiger partial charge is 0.336 e. The monoisotopic (exact) mass is 287 g/mol. The first-order valence-electron chi connectivity index (χ1n) is 7.52. The third kappa shape index (κ3) is 2.68. The van der Waals surface area contributed by atoms with Gasteiger partial charge in [-0.05, 0) is 44.5 Å². The lowest BCUT2D eigenvalue weighted by molar-refractivity contribution is 0.238. The fourth-order valence-corrected chi connectivity index (χ4v) is 3.29. The molecule has 21 heavy (non-hydrogen) atoms. The molecule has 112 valence electrons. The lowest BCUT2D eigenvalue weighted by Gasteiger charge is -2.24. The molecular formula is C17H21NO3. The molecule has 0 spiro atoms. The Kier molecular flexibility index (Phi) is 3.72. The normalized spacial score (nSPS) is 16.1. The molecule has 1 heterocycles. The van der Waals surface area contributed by atoms with Crippen LogP contribution in [-0.4, -0.2) is 23.1 Å². The summed E-state index contributed by atoms with van der Waals surface area (Å²) in [5.74, 6) is 0.159. The largest absolute Gasteiger partial charge is 0.508 e. The Morgan fingerprint density at radius 3 is 2.76 bits per heavy atom. The van der Waals surface area contributed by atoms with Crippen molar-refractivity contribution < 1.29 is 9.52 Å². The molecule has 4 nitrogen and oxygen atoms in total. The molecule has 3 rings (SSSR count). The summed E-state index contributed by atoms with van der Waals surface area (Å²) in [6, 6.07) is 5.67. The average molecular weight is 287 g/mol. The van der Waals surface area contributed by atoms with Gasteiger partial charge in [0.15, 0.2) is 0 Å². The Morgan fingerprint density at radius 2 is 2.05 bits per heavy atom. The van der Waals surface area contributed by atoms with Crippen molar-refractivity contribution in [2.75, 3.05) is 7.05 Å². The number of phenols is 1. The minimum atomic E-state index is -0.356. The van der Waals surface area contributed by atoms with Crippen LogP contribution in [0.25, 0.3) is 11.0 Å². The third-order valence-electron chi connectivity index (χ3n) is 4.59. The van der Waals surface area contributed by atoms with Crippen molar-refractivity contribution in [3.63, 3.8) is 0 Å². The Bertz CT molecular complexity index is 714. The maximum Gasteiger partial charge on any atom is 0.336 e. The van der Waals surface area contributed by atoms with E-state index < -0.39 is 0 Å². The maximum absolute atomic E-state index is 11.8. The minimum Gasteiger partial charge on any atom is -0.508 e. The molecule has 0 unspecified atom stereocenters. The van der Waals surface area contributed by atoms with Crippen LogP contribution >= 0.6 is 0 Å². The number of hydrogen-bond acceptors (Lipinski definition) is 4. The van der Waals surface area contributed by atoms with Gasteiger partial charge in [0.2, 0.25) is 0 Å². The molecule has 0 radical (unpaired) electrons. The average Bonchev–Trinajstić information content (AvgIpc) is 2.97. The van der Waals surface area contributed by atoms with E-state index in [1.807, 2.05) is 6.07 Å². The zero-order chi connectivity index (χ0) is 15.0. The quantitative estimate of drug-likeness (QED) is 0.881. The van der Waals surface area contributed by atoms with Crippen molar-refractivity contribution in [3.05, 3.63) is 39.7 Å². The van der Waals surface area contributed by atoms with Crippen LogP contribution in [-0.2, 0) is 6.54 Å². The maximum atomic E-state index is 11.8. The molecule has 1 saturated carbocycles. The van der Waals surface area contributed by atoms with E-state index in [0.29, 0.717) is 17.2 Å². The minimum absolute atomic E-state index is 0.159.